The molecule has 0 radical (unpaired) electrons. The van der Waals surface area contributed by atoms with Crippen LogP contribution in [0.15, 0.2) is 24.3 Å². The summed E-state index contributed by atoms with van der Waals surface area (Å²) < 4.78 is 5.87. The Hall–Kier alpha value is -1.39. The average molecular weight is 274 g/mol. The summed E-state index contributed by atoms with van der Waals surface area (Å²) in [5, 5.41) is 3.29. The van der Waals surface area contributed by atoms with Crippen molar-refractivity contribution in [1.82, 2.24) is 10.2 Å². The average Bonchev–Trinajstić information content (AvgIpc) is 3.01. The van der Waals surface area contributed by atoms with Crippen LogP contribution in [0.25, 0.3) is 0 Å². The molecule has 1 aromatic rings. The highest BCUT2D eigenvalue weighted by Crippen LogP contribution is 2.25. The molecule has 1 N–H and O–H groups in total. The molecule has 0 bridgehead atoms. The Morgan fingerprint density at radius 1 is 1.40 bits per heavy atom. The maximum atomic E-state index is 12.5. The number of carbonyl (C=O) groups excluding carboxylic acids is 1. The molecule has 1 amide bonds. The Bertz CT molecular complexity index is 483. The normalized spacial score (nSPS) is 26.8. The van der Waals surface area contributed by atoms with Crippen LogP contribution < -0.4 is 5.32 Å². The van der Waals surface area contributed by atoms with Gasteiger partial charge < -0.3 is 15.0 Å². The van der Waals surface area contributed by atoms with E-state index in [9.17, 15) is 4.79 Å². The van der Waals surface area contributed by atoms with Gasteiger partial charge in [-0.1, -0.05) is 24.3 Å². The topological polar surface area (TPSA) is 41.6 Å². The molecule has 2 aliphatic heterocycles. The molecule has 2 atom stereocenters. The molecule has 4 nitrogen and oxygen atoms in total. The zero-order chi connectivity index (χ0) is 13.9. The molecular formula is C16H22N2O2. The molecule has 0 aliphatic carbocycles. The summed E-state index contributed by atoms with van der Waals surface area (Å²) in [6.07, 6.45) is 2.07. The second-order valence-corrected chi connectivity index (χ2v) is 5.65. The van der Waals surface area contributed by atoms with E-state index in [0.717, 1.165) is 19.4 Å². The van der Waals surface area contributed by atoms with Crippen molar-refractivity contribution in [3.8, 4) is 0 Å². The van der Waals surface area contributed by atoms with E-state index in [1.54, 1.807) is 0 Å². The van der Waals surface area contributed by atoms with Gasteiger partial charge in [-0.05, 0) is 37.4 Å². The molecule has 1 unspecified atom stereocenters. The summed E-state index contributed by atoms with van der Waals surface area (Å²) in [5.74, 6) is 0.240. The van der Waals surface area contributed by atoms with Crippen molar-refractivity contribution in [2.75, 3.05) is 26.2 Å². The number of benzene rings is 1. The minimum Gasteiger partial charge on any atom is -0.370 e. The molecule has 2 heterocycles. The van der Waals surface area contributed by atoms with E-state index in [2.05, 4.69) is 24.4 Å². The fourth-order valence-corrected chi connectivity index (χ4v) is 3.10. The smallest absolute Gasteiger partial charge is 0.239 e. The second-order valence-electron chi connectivity index (χ2n) is 5.65. The first-order valence-electron chi connectivity index (χ1n) is 7.45. The highest BCUT2D eigenvalue weighted by Gasteiger charge is 2.31. The van der Waals surface area contributed by atoms with Crippen molar-refractivity contribution in [1.29, 1.82) is 0 Å². The van der Waals surface area contributed by atoms with Gasteiger partial charge >= 0.3 is 0 Å². The fraction of sp³-hybridized carbons (Fsp3) is 0.562. The molecule has 3 rings (SSSR count). The highest BCUT2D eigenvalue weighted by molar-refractivity contribution is 5.82. The van der Waals surface area contributed by atoms with E-state index in [4.69, 9.17) is 4.74 Å². The molecular weight excluding hydrogens is 252 g/mol. The van der Waals surface area contributed by atoms with Gasteiger partial charge in [0.15, 0.2) is 0 Å². The number of hydrogen-bond donors (Lipinski definition) is 1. The van der Waals surface area contributed by atoms with Gasteiger partial charge in [0.25, 0.3) is 0 Å². The monoisotopic (exact) mass is 274 g/mol. The molecule has 0 spiro atoms. The molecule has 2 fully saturated rings. The molecule has 2 aliphatic rings. The standard InChI is InChI=1S/C16H22N2O2/c1-12-5-2-3-6-13(12)15-11-18(9-10-20-15)16(19)14-7-4-8-17-14/h2-3,5-6,14-15,17H,4,7-11H2,1H3/t14-,15?/m0/s1. The summed E-state index contributed by atoms with van der Waals surface area (Å²) in [7, 11) is 0. The zero-order valence-corrected chi connectivity index (χ0v) is 12.0. The van der Waals surface area contributed by atoms with Crippen molar-refractivity contribution in [3.63, 3.8) is 0 Å². The van der Waals surface area contributed by atoms with E-state index < -0.39 is 0 Å². The third kappa shape index (κ3) is 2.72. The minimum atomic E-state index is 0.00954. The number of nitrogens with zero attached hydrogens (tertiary/aromatic N) is 1. The van der Waals surface area contributed by atoms with E-state index in [0.29, 0.717) is 19.7 Å². The zero-order valence-electron chi connectivity index (χ0n) is 12.0. The second kappa shape index (κ2) is 5.94. The maximum Gasteiger partial charge on any atom is 0.239 e. The van der Waals surface area contributed by atoms with Crippen LogP contribution in [0.4, 0.5) is 0 Å². The van der Waals surface area contributed by atoms with Gasteiger partial charge in [0, 0.05) is 6.54 Å². The van der Waals surface area contributed by atoms with Gasteiger partial charge in [0.2, 0.25) is 5.91 Å². The molecule has 0 saturated carbocycles. The Balaban J connectivity index is 1.70. The summed E-state index contributed by atoms with van der Waals surface area (Å²) in [6.45, 7) is 5.05. The van der Waals surface area contributed by atoms with Gasteiger partial charge in [0.05, 0.1) is 19.2 Å². The first-order valence-corrected chi connectivity index (χ1v) is 7.45. The summed E-state index contributed by atoms with van der Waals surface area (Å²) in [4.78, 5) is 14.4. The third-order valence-corrected chi connectivity index (χ3v) is 4.27. The lowest BCUT2D eigenvalue weighted by Crippen LogP contribution is -2.49. The van der Waals surface area contributed by atoms with Crippen LogP contribution in [0.2, 0.25) is 0 Å². The van der Waals surface area contributed by atoms with Gasteiger partial charge in [-0.2, -0.15) is 0 Å². The lowest BCUT2D eigenvalue weighted by Gasteiger charge is -2.35. The number of carbonyl (C=O) groups is 1. The Morgan fingerprint density at radius 2 is 2.25 bits per heavy atom. The van der Waals surface area contributed by atoms with Crippen molar-refractivity contribution < 1.29 is 9.53 Å². The Kier molecular flexibility index (Phi) is 4.03. The number of hydrogen-bond acceptors (Lipinski definition) is 3. The van der Waals surface area contributed by atoms with Gasteiger partial charge in [-0.25, -0.2) is 0 Å². The minimum absolute atomic E-state index is 0.00954. The largest absolute Gasteiger partial charge is 0.370 e. The van der Waals surface area contributed by atoms with Crippen LogP contribution in [-0.4, -0.2) is 43.1 Å². The van der Waals surface area contributed by atoms with E-state index in [1.807, 2.05) is 17.0 Å². The van der Waals surface area contributed by atoms with Crippen LogP contribution >= 0.6 is 0 Å². The van der Waals surface area contributed by atoms with Gasteiger partial charge in [0.1, 0.15) is 6.10 Å². The molecule has 1 aromatic carbocycles. The van der Waals surface area contributed by atoms with Crippen LogP contribution in [0, 0.1) is 6.92 Å². The van der Waals surface area contributed by atoms with Crippen molar-refractivity contribution in [2.45, 2.75) is 31.9 Å². The van der Waals surface area contributed by atoms with Crippen LogP contribution in [0.5, 0.6) is 0 Å². The molecule has 4 heteroatoms. The Morgan fingerprint density at radius 3 is 3.00 bits per heavy atom. The lowest BCUT2D eigenvalue weighted by molar-refractivity contribution is -0.140. The molecule has 108 valence electrons. The van der Waals surface area contributed by atoms with E-state index in [1.165, 1.54) is 11.1 Å². The number of aryl methyl sites for hydroxylation is 1. The summed E-state index contributed by atoms with van der Waals surface area (Å²) in [6, 6.07) is 8.28. The van der Waals surface area contributed by atoms with E-state index >= 15 is 0 Å². The highest BCUT2D eigenvalue weighted by atomic mass is 16.5. The number of amides is 1. The quantitative estimate of drug-likeness (QED) is 0.891. The van der Waals surface area contributed by atoms with Crippen LogP contribution in [0.3, 0.4) is 0 Å². The predicted molar refractivity (Wildman–Crippen MR) is 77.5 cm³/mol. The first kappa shape index (κ1) is 13.6. The maximum absolute atomic E-state index is 12.5. The number of nitrogens with one attached hydrogen (secondary N) is 1. The number of ether oxygens (including phenoxy) is 1. The summed E-state index contributed by atoms with van der Waals surface area (Å²) in [5.41, 5.74) is 2.43. The Labute approximate surface area is 120 Å². The first-order chi connectivity index (χ1) is 9.75. The van der Waals surface area contributed by atoms with Crippen molar-refractivity contribution >= 4 is 5.91 Å². The SMILES string of the molecule is Cc1ccccc1C1CN(C(=O)[C@@H]2CCCN2)CCO1. The van der Waals surface area contributed by atoms with Crippen molar-refractivity contribution in [3.05, 3.63) is 35.4 Å². The predicted octanol–water partition coefficient (Wildman–Crippen LogP) is 1.65. The fourth-order valence-electron chi connectivity index (χ4n) is 3.10. The van der Waals surface area contributed by atoms with Crippen LogP contribution in [-0.2, 0) is 9.53 Å². The van der Waals surface area contributed by atoms with Crippen LogP contribution in [0.1, 0.15) is 30.1 Å². The van der Waals surface area contributed by atoms with Gasteiger partial charge in [-0.15, -0.1) is 0 Å². The lowest BCUT2D eigenvalue weighted by atomic mass is 10.0. The number of rotatable bonds is 2. The molecule has 20 heavy (non-hydrogen) atoms. The summed E-state index contributed by atoms with van der Waals surface area (Å²) >= 11 is 0. The molecule has 0 aromatic heterocycles. The molecule has 2 saturated heterocycles. The van der Waals surface area contributed by atoms with Crippen molar-refractivity contribution in [2.24, 2.45) is 0 Å². The number of morpholine rings is 1. The third-order valence-electron chi connectivity index (χ3n) is 4.27. The van der Waals surface area contributed by atoms with E-state index in [-0.39, 0.29) is 18.1 Å². The van der Waals surface area contributed by atoms with Gasteiger partial charge in [-0.3, -0.25) is 4.79 Å².